The van der Waals surface area contributed by atoms with Gasteiger partial charge in [-0.1, -0.05) is 22.7 Å². The van der Waals surface area contributed by atoms with Crippen LogP contribution in [-0.4, -0.2) is 36.1 Å². The molecule has 0 saturated carbocycles. The fourth-order valence-electron chi connectivity index (χ4n) is 3.72. The molecule has 0 atom stereocenters. The molecule has 6 heteroatoms. The number of rotatable bonds is 3. The molecule has 4 rings (SSSR count). The van der Waals surface area contributed by atoms with Crippen molar-refractivity contribution in [2.24, 2.45) is 0 Å². The number of anilines is 2. The quantitative estimate of drug-likeness (QED) is 0.648. The highest BCUT2D eigenvalue weighted by atomic mass is 19.2. The van der Waals surface area contributed by atoms with Crippen molar-refractivity contribution < 1.29 is 9.28 Å². The molecule has 5 nitrogen and oxygen atoms in total. The number of hydrogen-bond donors (Lipinski definition) is 2. The van der Waals surface area contributed by atoms with E-state index in [9.17, 15) is 9.28 Å². The third-order valence-electron chi connectivity index (χ3n) is 5.29. The summed E-state index contributed by atoms with van der Waals surface area (Å²) in [7, 11) is 2.13. The molecular formula is C21H23FN4O. The van der Waals surface area contributed by atoms with E-state index in [-0.39, 0.29) is 10.8 Å². The van der Waals surface area contributed by atoms with E-state index in [0.29, 0.717) is 11.6 Å². The number of para-hydroxylation sites is 1. The molecule has 3 aromatic rings. The van der Waals surface area contributed by atoms with E-state index in [2.05, 4.69) is 22.2 Å². The molecule has 1 aliphatic rings. The number of aromatic nitrogens is 1. The molecule has 1 saturated heterocycles. The molecular weight excluding hydrogens is 343 g/mol. The van der Waals surface area contributed by atoms with Gasteiger partial charge in [-0.25, -0.2) is 4.79 Å². The normalized spacial score (nSPS) is 15.8. The van der Waals surface area contributed by atoms with Gasteiger partial charge in [0.15, 0.2) is 0 Å². The van der Waals surface area contributed by atoms with Gasteiger partial charge in [0.1, 0.15) is 0 Å². The largest absolute Gasteiger partial charge is 0.361 e. The number of halogens is 1. The Balaban J connectivity index is 1.57. The zero-order chi connectivity index (χ0) is 18.8. The SMILES string of the molecule is CN1CCC(c2c[nH]c3ccc(N(F)C(=O)Nc4ccccc4)cc23)CC1. The Hall–Kier alpha value is -2.86. The zero-order valence-electron chi connectivity index (χ0n) is 15.3. The number of benzene rings is 2. The number of carbonyl (C=O) groups excluding carboxylic acids is 1. The molecule has 2 heterocycles. The van der Waals surface area contributed by atoms with Crippen LogP contribution in [0.25, 0.3) is 10.9 Å². The molecule has 2 aromatic carbocycles. The number of H-pyrrole nitrogens is 1. The molecule has 0 bridgehead atoms. The summed E-state index contributed by atoms with van der Waals surface area (Å²) in [4.78, 5) is 17.8. The maximum absolute atomic E-state index is 14.7. The van der Waals surface area contributed by atoms with Crippen LogP contribution in [-0.2, 0) is 0 Å². The van der Waals surface area contributed by atoms with Crippen molar-refractivity contribution in [1.82, 2.24) is 9.88 Å². The van der Waals surface area contributed by atoms with Crippen LogP contribution >= 0.6 is 0 Å². The van der Waals surface area contributed by atoms with Crippen molar-refractivity contribution in [1.29, 1.82) is 0 Å². The zero-order valence-corrected chi connectivity index (χ0v) is 15.3. The van der Waals surface area contributed by atoms with E-state index in [0.717, 1.165) is 36.8 Å². The van der Waals surface area contributed by atoms with Crippen molar-refractivity contribution in [3.8, 4) is 0 Å². The molecule has 0 unspecified atom stereocenters. The summed E-state index contributed by atoms with van der Waals surface area (Å²) in [5.74, 6) is 0.455. The van der Waals surface area contributed by atoms with Gasteiger partial charge in [-0.3, -0.25) is 0 Å². The highest BCUT2D eigenvalue weighted by Crippen LogP contribution is 2.34. The Morgan fingerprint density at radius 1 is 1.19 bits per heavy atom. The number of urea groups is 1. The number of amides is 2. The number of likely N-dealkylation sites (tertiary alicyclic amines) is 1. The molecule has 1 fully saturated rings. The summed E-state index contributed by atoms with van der Waals surface area (Å²) in [6.45, 7) is 2.12. The number of nitrogens with one attached hydrogen (secondary N) is 2. The third kappa shape index (κ3) is 3.66. The topological polar surface area (TPSA) is 51.4 Å². The van der Waals surface area contributed by atoms with Gasteiger partial charge in [-0.15, -0.1) is 5.12 Å². The van der Waals surface area contributed by atoms with Crippen molar-refractivity contribution in [3.63, 3.8) is 0 Å². The molecule has 2 N–H and O–H groups in total. The van der Waals surface area contributed by atoms with E-state index < -0.39 is 6.03 Å². The highest BCUT2D eigenvalue weighted by Gasteiger charge is 2.22. The second kappa shape index (κ2) is 7.40. The van der Waals surface area contributed by atoms with Crippen molar-refractivity contribution >= 4 is 28.3 Å². The van der Waals surface area contributed by atoms with Gasteiger partial charge in [-0.05, 0) is 74.8 Å². The minimum atomic E-state index is -0.808. The fourth-order valence-corrected chi connectivity index (χ4v) is 3.72. The average Bonchev–Trinajstić information content (AvgIpc) is 3.12. The number of piperidine rings is 1. The van der Waals surface area contributed by atoms with Crippen LogP contribution in [0.5, 0.6) is 0 Å². The predicted molar refractivity (Wildman–Crippen MR) is 107 cm³/mol. The molecule has 0 spiro atoms. The summed E-state index contributed by atoms with van der Waals surface area (Å²) >= 11 is 0. The van der Waals surface area contributed by atoms with E-state index in [1.807, 2.05) is 18.3 Å². The number of fused-ring (bicyclic) bond motifs is 1. The highest BCUT2D eigenvalue weighted by molar-refractivity contribution is 6.01. The molecule has 1 aliphatic heterocycles. The van der Waals surface area contributed by atoms with Crippen LogP contribution in [0.2, 0.25) is 0 Å². The van der Waals surface area contributed by atoms with Gasteiger partial charge in [-0.2, -0.15) is 0 Å². The number of nitrogens with zero attached hydrogens (tertiary/aromatic N) is 2. The summed E-state index contributed by atoms with van der Waals surface area (Å²) in [6, 6.07) is 13.2. The number of hydrogen-bond acceptors (Lipinski definition) is 2. The minimum Gasteiger partial charge on any atom is -0.361 e. The van der Waals surface area contributed by atoms with Gasteiger partial charge in [0.05, 0.1) is 5.69 Å². The standard InChI is InChI=1S/C21H23FN4O/c1-25-11-9-15(10-12-25)19-14-23-20-8-7-17(13-18(19)20)26(22)21(27)24-16-5-3-2-4-6-16/h2-8,13-15,23H,9-12H2,1H3,(H,24,27). The predicted octanol–water partition coefficient (Wildman–Crippen LogP) is 4.90. The first kappa shape index (κ1) is 17.5. The Labute approximate surface area is 157 Å². The number of aromatic amines is 1. The van der Waals surface area contributed by atoms with E-state index in [4.69, 9.17) is 0 Å². The molecule has 27 heavy (non-hydrogen) atoms. The first-order valence-electron chi connectivity index (χ1n) is 9.23. The molecule has 1 aromatic heterocycles. The van der Waals surface area contributed by atoms with Gasteiger partial charge in [0, 0.05) is 22.8 Å². The molecule has 0 radical (unpaired) electrons. The second-order valence-electron chi connectivity index (χ2n) is 7.13. The molecule has 2 amide bonds. The maximum atomic E-state index is 14.7. The third-order valence-corrected chi connectivity index (χ3v) is 5.29. The van der Waals surface area contributed by atoms with Crippen molar-refractivity contribution in [2.45, 2.75) is 18.8 Å². The van der Waals surface area contributed by atoms with Crippen LogP contribution in [0.3, 0.4) is 0 Å². The van der Waals surface area contributed by atoms with Crippen molar-refractivity contribution in [2.75, 3.05) is 30.6 Å². The van der Waals surface area contributed by atoms with Crippen LogP contribution in [0.15, 0.2) is 54.7 Å². The Kier molecular flexibility index (Phi) is 4.81. The van der Waals surface area contributed by atoms with Gasteiger partial charge in [0.25, 0.3) is 0 Å². The first-order valence-corrected chi connectivity index (χ1v) is 9.23. The van der Waals surface area contributed by atoms with Crippen LogP contribution in [0.4, 0.5) is 20.7 Å². The summed E-state index contributed by atoms with van der Waals surface area (Å²) in [5.41, 5.74) is 2.95. The van der Waals surface area contributed by atoms with Gasteiger partial charge < -0.3 is 15.2 Å². The Morgan fingerprint density at radius 3 is 2.67 bits per heavy atom. The maximum Gasteiger partial charge on any atom is 0.354 e. The summed E-state index contributed by atoms with van der Waals surface area (Å²) in [5, 5.41) is 3.71. The fraction of sp³-hybridized carbons (Fsp3) is 0.286. The lowest BCUT2D eigenvalue weighted by molar-refractivity contribution is 0.245. The lowest BCUT2D eigenvalue weighted by Crippen LogP contribution is -2.29. The summed E-state index contributed by atoms with van der Waals surface area (Å²) in [6.07, 6.45) is 4.19. The van der Waals surface area contributed by atoms with E-state index in [1.165, 1.54) is 5.56 Å². The van der Waals surface area contributed by atoms with Crippen molar-refractivity contribution in [3.05, 3.63) is 60.3 Å². The minimum absolute atomic E-state index is 0.165. The Morgan fingerprint density at radius 2 is 1.93 bits per heavy atom. The second-order valence-corrected chi connectivity index (χ2v) is 7.13. The lowest BCUT2D eigenvalue weighted by Gasteiger charge is -2.28. The summed E-state index contributed by atoms with van der Waals surface area (Å²) < 4.78 is 14.7. The molecule has 140 valence electrons. The Bertz CT molecular complexity index is 932. The van der Waals surface area contributed by atoms with Crippen LogP contribution < -0.4 is 10.4 Å². The van der Waals surface area contributed by atoms with Crippen LogP contribution in [0, 0.1) is 0 Å². The van der Waals surface area contributed by atoms with E-state index >= 15 is 0 Å². The lowest BCUT2D eigenvalue weighted by atomic mass is 9.89. The van der Waals surface area contributed by atoms with Gasteiger partial charge in [0.2, 0.25) is 0 Å². The van der Waals surface area contributed by atoms with E-state index in [1.54, 1.807) is 36.4 Å². The average molecular weight is 366 g/mol. The van der Waals surface area contributed by atoms with Crippen LogP contribution in [0.1, 0.15) is 24.3 Å². The number of carbonyl (C=O) groups is 1. The molecule has 0 aliphatic carbocycles. The monoisotopic (exact) mass is 366 g/mol. The van der Waals surface area contributed by atoms with Gasteiger partial charge >= 0.3 is 6.03 Å². The first-order chi connectivity index (χ1) is 13.1. The smallest absolute Gasteiger partial charge is 0.354 e.